The first-order valence-corrected chi connectivity index (χ1v) is 10.1. The third kappa shape index (κ3) is 4.73. The maximum absolute atomic E-state index is 12.3. The van der Waals surface area contributed by atoms with Crippen molar-refractivity contribution in [3.8, 4) is 11.5 Å². The molecular formula is C20H19BrN2O3S. The number of hydrogen-bond donors (Lipinski definition) is 2. The number of amides is 1. The van der Waals surface area contributed by atoms with Crippen molar-refractivity contribution in [2.45, 2.75) is 20.3 Å². The predicted molar refractivity (Wildman–Crippen MR) is 114 cm³/mol. The summed E-state index contributed by atoms with van der Waals surface area (Å²) in [7, 11) is 0. The highest BCUT2D eigenvalue weighted by atomic mass is 79.9. The van der Waals surface area contributed by atoms with Crippen molar-refractivity contribution in [2.24, 2.45) is 4.99 Å². The highest BCUT2D eigenvalue weighted by Crippen LogP contribution is 2.37. The molecule has 3 rings (SSSR count). The summed E-state index contributed by atoms with van der Waals surface area (Å²) in [6, 6.07) is 11.4. The smallest absolute Gasteiger partial charge is 0.264 e. The first kappa shape index (κ1) is 19.5. The van der Waals surface area contributed by atoms with E-state index in [1.165, 1.54) is 17.3 Å². The first-order chi connectivity index (χ1) is 13.0. The molecule has 1 fully saturated rings. The number of halogens is 1. The molecule has 0 saturated carbocycles. The number of aryl methyl sites for hydroxylation is 1. The van der Waals surface area contributed by atoms with Gasteiger partial charge < -0.3 is 15.2 Å². The Bertz CT molecular complexity index is 924. The number of ether oxygens (including phenoxy) is 1. The lowest BCUT2D eigenvalue weighted by molar-refractivity contribution is -0.115. The van der Waals surface area contributed by atoms with Gasteiger partial charge in [0.05, 0.1) is 21.7 Å². The molecule has 2 aromatic rings. The van der Waals surface area contributed by atoms with Crippen molar-refractivity contribution in [3.63, 3.8) is 0 Å². The number of aromatic hydroxyl groups is 1. The topological polar surface area (TPSA) is 70.9 Å². The fraction of sp³-hybridized carbons (Fsp3) is 0.200. The van der Waals surface area contributed by atoms with Gasteiger partial charge >= 0.3 is 0 Å². The van der Waals surface area contributed by atoms with E-state index in [0.717, 1.165) is 17.7 Å². The molecule has 1 heterocycles. The number of thioether (sulfide) groups is 1. The minimum Gasteiger partial charge on any atom is -0.503 e. The third-order valence-corrected chi connectivity index (χ3v) is 5.39. The van der Waals surface area contributed by atoms with E-state index in [1.54, 1.807) is 18.2 Å². The highest BCUT2D eigenvalue weighted by Gasteiger charge is 2.24. The summed E-state index contributed by atoms with van der Waals surface area (Å²) in [5.74, 6) is 0.207. The Morgan fingerprint density at radius 1 is 1.26 bits per heavy atom. The molecule has 0 radical (unpaired) electrons. The molecule has 1 amide bonds. The number of rotatable bonds is 5. The zero-order valence-corrected chi connectivity index (χ0v) is 17.4. The normalized spacial score (nSPS) is 16.8. The number of aliphatic imine (C=N–C) groups is 1. The fourth-order valence-electron chi connectivity index (χ4n) is 2.50. The molecule has 0 atom stereocenters. The Morgan fingerprint density at radius 2 is 2.00 bits per heavy atom. The van der Waals surface area contributed by atoms with Gasteiger partial charge in [-0.15, -0.1) is 0 Å². The molecule has 2 aromatic carbocycles. The van der Waals surface area contributed by atoms with Crippen LogP contribution >= 0.6 is 27.7 Å². The molecule has 0 spiro atoms. The van der Waals surface area contributed by atoms with E-state index in [2.05, 4.69) is 33.2 Å². The van der Waals surface area contributed by atoms with Crippen molar-refractivity contribution in [1.29, 1.82) is 0 Å². The van der Waals surface area contributed by atoms with Gasteiger partial charge in [-0.25, -0.2) is 4.99 Å². The zero-order valence-electron chi connectivity index (χ0n) is 15.0. The maximum atomic E-state index is 12.3. The lowest BCUT2D eigenvalue weighted by Gasteiger charge is -2.08. The molecule has 140 valence electrons. The van der Waals surface area contributed by atoms with Gasteiger partial charge in [0.15, 0.2) is 16.7 Å². The molecule has 0 unspecified atom stereocenters. The van der Waals surface area contributed by atoms with Crippen molar-refractivity contribution in [1.82, 2.24) is 5.32 Å². The predicted octanol–water partition coefficient (Wildman–Crippen LogP) is 5.01. The SMILES string of the molecule is CCOc1cc(C=C2SC(=Nc3ccc(CC)cc3)NC2=O)cc(Br)c1O. The first-order valence-electron chi connectivity index (χ1n) is 8.54. The summed E-state index contributed by atoms with van der Waals surface area (Å²) in [5.41, 5.74) is 2.78. The second-order valence-corrected chi connectivity index (χ2v) is 7.67. The average Bonchev–Trinajstić information content (AvgIpc) is 2.99. The number of carbonyl (C=O) groups is 1. The van der Waals surface area contributed by atoms with Crippen LogP contribution in [-0.2, 0) is 11.2 Å². The van der Waals surface area contributed by atoms with E-state index in [4.69, 9.17) is 4.74 Å². The fourth-order valence-corrected chi connectivity index (χ4v) is 3.80. The van der Waals surface area contributed by atoms with E-state index in [0.29, 0.717) is 26.9 Å². The molecule has 7 heteroatoms. The number of benzene rings is 2. The zero-order chi connectivity index (χ0) is 19.4. The van der Waals surface area contributed by atoms with E-state index in [-0.39, 0.29) is 11.7 Å². The van der Waals surface area contributed by atoms with Crippen LogP contribution in [-0.4, -0.2) is 22.8 Å². The summed E-state index contributed by atoms with van der Waals surface area (Å²) in [6.45, 7) is 4.38. The molecule has 27 heavy (non-hydrogen) atoms. The molecule has 1 aliphatic heterocycles. The number of amidine groups is 1. The van der Waals surface area contributed by atoms with Crippen molar-refractivity contribution < 1.29 is 14.6 Å². The van der Waals surface area contributed by atoms with E-state index >= 15 is 0 Å². The second-order valence-electron chi connectivity index (χ2n) is 5.78. The van der Waals surface area contributed by atoms with E-state index < -0.39 is 0 Å². The van der Waals surface area contributed by atoms with Crippen molar-refractivity contribution >= 4 is 50.5 Å². The number of nitrogens with one attached hydrogen (secondary N) is 1. The van der Waals surface area contributed by atoms with Crippen LogP contribution in [0, 0.1) is 0 Å². The third-order valence-electron chi connectivity index (χ3n) is 3.87. The number of phenolic OH excluding ortho intramolecular Hbond substituents is 1. The Kier molecular flexibility index (Phi) is 6.23. The lowest BCUT2D eigenvalue weighted by atomic mass is 10.2. The van der Waals surface area contributed by atoms with E-state index in [1.807, 2.05) is 31.2 Å². The number of carbonyl (C=O) groups excluding carboxylic acids is 1. The quantitative estimate of drug-likeness (QED) is 0.633. The van der Waals surface area contributed by atoms with Crippen LogP contribution in [0.5, 0.6) is 11.5 Å². The lowest BCUT2D eigenvalue weighted by Crippen LogP contribution is -2.19. The van der Waals surface area contributed by atoms with Gasteiger partial charge in [0.2, 0.25) is 0 Å². The van der Waals surface area contributed by atoms with Crippen LogP contribution in [0.1, 0.15) is 25.0 Å². The molecule has 1 saturated heterocycles. The maximum Gasteiger partial charge on any atom is 0.264 e. The van der Waals surface area contributed by atoms with Crippen LogP contribution in [0.15, 0.2) is 50.8 Å². The van der Waals surface area contributed by atoms with Gasteiger partial charge in [-0.2, -0.15) is 0 Å². The molecule has 2 N–H and O–H groups in total. The molecule has 0 aromatic heterocycles. The Hall–Kier alpha value is -2.25. The molecule has 0 aliphatic carbocycles. The van der Waals surface area contributed by atoms with E-state index in [9.17, 15) is 9.90 Å². The van der Waals surface area contributed by atoms with Crippen LogP contribution in [0.25, 0.3) is 6.08 Å². The summed E-state index contributed by atoms with van der Waals surface area (Å²) in [4.78, 5) is 17.3. The van der Waals surface area contributed by atoms with Gasteiger partial charge in [0.1, 0.15) is 0 Å². The minimum absolute atomic E-state index is 0.0419. The number of phenols is 1. The van der Waals surface area contributed by atoms with Crippen LogP contribution in [0.4, 0.5) is 5.69 Å². The van der Waals surface area contributed by atoms with Gasteiger partial charge in [0, 0.05) is 0 Å². The Labute approximate surface area is 170 Å². The Balaban J connectivity index is 1.83. The standard InChI is InChI=1S/C20H19BrN2O3S/c1-3-12-5-7-14(8-6-12)22-20-23-19(25)17(27-20)11-13-9-15(21)18(24)16(10-13)26-4-2/h5-11,24H,3-4H2,1-2H3,(H,22,23,25). The number of hydrogen-bond acceptors (Lipinski definition) is 5. The van der Waals surface area contributed by atoms with Gasteiger partial charge in [-0.1, -0.05) is 19.1 Å². The van der Waals surface area contributed by atoms with Gasteiger partial charge in [0.25, 0.3) is 5.91 Å². The summed E-state index contributed by atoms with van der Waals surface area (Å²) < 4.78 is 5.94. The van der Waals surface area contributed by atoms with Crippen LogP contribution in [0.2, 0.25) is 0 Å². The summed E-state index contributed by atoms with van der Waals surface area (Å²) in [5, 5.41) is 13.3. The molecule has 0 bridgehead atoms. The highest BCUT2D eigenvalue weighted by molar-refractivity contribution is 9.10. The van der Waals surface area contributed by atoms with Crippen LogP contribution < -0.4 is 10.1 Å². The van der Waals surface area contributed by atoms with Crippen molar-refractivity contribution in [3.05, 3.63) is 56.9 Å². The molecule has 5 nitrogen and oxygen atoms in total. The molecule has 1 aliphatic rings. The summed E-state index contributed by atoms with van der Waals surface area (Å²) >= 11 is 4.59. The Morgan fingerprint density at radius 3 is 2.67 bits per heavy atom. The summed E-state index contributed by atoms with van der Waals surface area (Å²) in [6.07, 6.45) is 2.72. The monoisotopic (exact) mass is 446 g/mol. The number of nitrogens with zero attached hydrogens (tertiary/aromatic N) is 1. The van der Waals surface area contributed by atoms with Gasteiger partial charge in [-0.05, 0) is 82.5 Å². The van der Waals surface area contributed by atoms with Crippen molar-refractivity contribution in [2.75, 3.05) is 6.61 Å². The minimum atomic E-state index is -0.203. The van der Waals surface area contributed by atoms with Gasteiger partial charge in [-0.3, -0.25) is 4.79 Å². The van der Waals surface area contributed by atoms with Crippen LogP contribution in [0.3, 0.4) is 0 Å². The second kappa shape index (κ2) is 8.63. The average molecular weight is 447 g/mol. The largest absolute Gasteiger partial charge is 0.503 e. The molecular weight excluding hydrogens is 428 g/mol.